The maximum Gasteiger partial charge on any atom is 0.263 e. The molecule has 4 rings (SSSR count). The molecule has 0 saturated carbocycles. The molecule has 0 spiro atoms. The number of hydrogen-bond acceptors (Lipinski definition) is 5. The van der Waals surface area contributed by atoms with E-state index in [0.717, 1.165) is 16.9 Å². The van der Waals surface area contributed by atoms with Crippen LogP contribution in [-0.4, -0.2) is 53.3 Å². The van der Waals surface area contributed by atoms with E-state index in [2.05, 4.69) is 15.1 Å². The van der Waals surface area contributed by atoms with Crippen LogP contribution in [0.2, 0.25) is 0 Å². The third-order valence-corrected chi connectivity index (χ3v) is 5.84. The first-order valence-electron chi connectivity index (χ1n) is 10.8. The van der Waals surface area contributed by atoms with Crippen molar-refractivity contribution in [1.29, 1.82) is 0 Å². The fourth-order valence-electron chi connectivity index (χ4n) is 3.72. The molecule has 1 amide bonds. The minimum atomic E-state index is -0.543. The molecule has 166 valence electrons. The summed E-state index contributed by atoms with van der Waals surface area (Å²) in [6.45, 7) is 8.42. The second kappa shape index (κ2) is 9.34. The van der Waals surface area contributed by atoms with E-state index >= 15 is 0 Å². The Bertz CT molecular complexity index is 1080. The lowest BCUT2D eigenvalue weighted by Crippen LogP contribution is -2.52. The Balaban J connectivity index is 1.32. The molecule has 2 aromatic carbocycles. The zero-order valence-corrected chi connectivity index (χ0v) is 18.6. The summed E-state index contributed by atoms with van der Waals surface area (Å²) in [6.07, 6.45) is -0.543. The van der Waals surface area contributed by atoms with Gasteiger partial charge in [0.1, 0.15) is 11.6 Å². The normalized spacial score (nSPS) is 14.9. The standard InChI is InChI=1S/C25H27FN4O2/c1-17-4-9-22(16-18(17)2)32-19(3)25(31)30-14-12-29(13-15-30)24-11-10-23(27-28-24)20-5-7-21(26)8-6-20/h4-11,16,19H,12-15H2,1-3H3. The van der Waals surface area contributed by atoms with Crippen molar-refractivity contribution in [2.45, 2.75) is 26.9 Å². The van der Waals surface area contributed by atoms with E-state index in [0.29, 0.717) is 37.6 Å². The van der Waals surface area contributed by atoms with Gasteiger partial charge in [-0.3, -0.25) is 4.79 Å². The van der Waals surface area contributed by atoms with Crippen molar-refractivity contribution in [3.05, 3.63) is 71.5 Å². The van der Waals surface area contributed by atoms with Gasteiger partial charge in [0.15, 0.2) is 11.9 Å². The summed E-state index contributed by atoms with van der Waals surface area (Å²) in [7, 11) is 0. The molecule has 6 nitrogen and oxygen atoms in total. The Morgan fingerprint density at radius 1 is 0.938 bits per heavy atom. The van der Waals surface area contributed by atoms with E-state index in [1.54, 1.807) is 19.1 Å². The van der Waals surface area contributed by atoms with Crippen molar-refractivity contribution >= 4 is 11.7 Å². The zero-order chi connectivity index (χ0) is 22.7. The maximum atomic E-state index is 13.1. The van der Waals surface area contributed by atoms with Gasteiger partial charge >= 0.3 is 0 Å². The second-order valence-electron chi connectivity index (χ2n) is 8.10. The Morgan fingerprint density at radius 2 is 1.66 bits per heavy atom. The topological polar surface area (TPSA) is 58.6 Å². The molecule has 1 aromatic heterocycles. The van der Waals surface area contributed by atoms with Gasteiger partial charge < -0.3 is 14.5 Å². The van der Waals surface area contributed by atoms with Crippen LogP contribution in [-0.2, 0) is 4.79 Å². The third-order valence-electron chi connectivity index (χ3n) is 5.84. The van der Waals surface area contributed by atoms with E-state index < -0.39 is 6.10 Å². The molecule has 1 atom stereocenters. The number of nitrogens with zero attached hydrogens (tertiary/aromatic N) is 4. The lowest BCUT2D eigenvalue weighted by atomic mass is 10.1. The lowest BCUT2D eigenvalue weighted by Gasteiger charge is -2.36. The summed E-state index contributed by atoms with van der Waals surface area (Å²) >= 11 is 0. The molecule has 0 bridgehead atoms. The van der Waals surface area contributed by atoms with Crippen LogP contribution in [0.3, 0.4) is 0 Å². The van der Waals surface area contributed by atoms with Gasteiger partial charge in [0.2, 0.25) is 0 Å². The highest BCUT2D eigenvalue weighted by Gasteiger charge is 2.26. The smallest absolute Gasteiger partial charge is 0.263 e. The van der Waals surface area contributed by atoms with E-state index in [4.69, 9.17) is 4.74 Å². The summed E-state index contributed by atoms with van der Waals surface area (Å²) in [6, 6.07) is 15.8. The molecule has 0 aliphatic carbocycles. The number of carbonyl (C=O) groups excluding carboxylic acids is 1. The van der Waals surface area contributed by atoms with Gasteiger partial charge in [-0.15, -0.1) is 10.2 Å². The molecule has 1 aliphatic heterocycles. The summed E-state index contributed by atoms with van der Waals surface area (Å²) in [5, 5.41) is 8.61. The average molecular weight is 435 g/mol. The summed E-state index contributed by atoms with van der Waals surface area (Å²) in [5.74, 6) is 1.19. The first kappa shape index (κ1) is 21.7. The quantitative estimate of drug-likeness (QED) is 0.607. The number of piperazine rings is 1. The molecular weight excluding hydrogens is 407 g/mol. The number of benzene rings is 2. The van der Waals surface area contributed by atoms with Gasteiger partial charge in [-0.2, -0.15) is 0 Å². The molecule has 32 heavy (non-hydrogen) atoms. The fraction of sp³-hybridized carbons (Fsp3) is 0.320. The lowest BCUT2D eigenvalue weighted by molar-refractivity contribution is -0.138. The maximum absolute atomic E-state index is 13.1. The largest absolute Gasteiger partial charge is 0.481 e. The number of hydrogen-bond donors (Lipinski definition) is 0. The molecule has 0 N–H and O–H groups in total. The number of rotatable bonds is 5. The number of aromatic nitrogens is 2. The Labute approximate surface area is 187 Å². The number of ether oxygens (including phenoxy) is 1. The molecule has 0 radical (unpaired) electrons. The second-order valence-corrected chi connectivity index (χ2v) is 8.10. The van der Waals surface area contributed by atoms with Crippen LogP contribution in [0.25, 0.3) is 11.3 Å². The summed E-state index contributed by atoms with van der Waals surface area (Å²) < 4.78 is 19.0. The highest BCUT2D eigenvalue weighted by Crippen LogP contribution is 2.21. The van der Waals surface area contributed by atoms with Crippen LogP contribution in [0.1, 0.15) is 18.1 Å². The van der Waals surface area contributed by atoms with Crippen LogP contribution in [0.5, 0.6) is 5.75 Å². The van der Waals surface area contributed by atoms with E-state index in [-0.39, 0.29) is 11.7 Å². The van der Waals surface area contributed by atoms with Gasteiger partial charge in [0.05, 0.1) is 5.69 Å². The van der Waals surface area contributed by atoms with Crippen LogP contribution in [0.4, 0.5) is 10.2 Å². The number of amides is 1. The van der Waals surface area contributed by atoms with Crippen molar-refractivity contribution in [3.63, 3.8) is 0 Å². The van der Waals surface area contributed by atoms with Gasteiger partial charge in [-0.25, -0.2) is 4.39 Å². The van der Waals surface area contributed by atoms with Gasteiger partial charge in [0, 0.05) is 31.7 Å². The van der Waals surface area contributed by atoms with Gasteiger partial charge in [0.25, 0.3) is 5.91 Å². The number of anilines is 1. The van der Waals surface area contributed by atoms with Crippen molar-refractivity contribution < 1.29 is 13.9 Å². The molecule has 2 heterocycles. The summed E-state index contributed by atoms with van der Waals surface area (Å²) in [4.78, 5) is 16.8. The molecule has 3 aromatic rings. The van der Waals surface area contributed by atoms with Crippen LogP contribution >= 0.6 is 0 Å². The Hall–Kier alpha value is -3.48. The predicted molar refractivity (Wildman–Crippen MR) is 122 cm³/mol. The molecule has 1 aliphatic rings. The number of carbonyl (C=O) groups is 1. The number of aryl methyl sites for hydroxylation is 2. The van der Waals surface area contributed by atoms with E-state index in [1.165, 1.54) is 17.7 Å². The minimum absolute atomic E-state index is 0.0133. The summed E-state index contributed by atoms with van der Waals surface area (Å²) in [5.41, 5.74) is 3.85. The van der Waals surface area contributed by atoms with Gasteiger partial charge in [-0.05, 0) is 80.4 Å². The molecule has 1 fully saturated rings. The van der Waals surface area contributed by atoms with Gasteiger partial charge in [-0.1, -0.05) is 6.07 Å². The minimum Gasteiger partial charge on any atom is -0.481 e. The van der Waals surface area contributed by atoms with Crippen molar-refractivity contribution in [2.24, 2.45) is 0 Å². The van der Waals surface area contributed by atoms with Crippen LogP contribution in [0, 0.1) is 19.7 Å². The van der Waals surface area contributed by atoms with Crippen molar-refractivity contribution in [1.82, 2.24) is 15.1 Å². The third kappa shape index (κ3) is 4.88. The zero-order valence-electron chi connectivity index (χ0n) is 18.6. The predicted octanol–water partition coefficient (Wildman–Crippen LogP) is 4.02. The first-order chi connectivity index (χ1) is 15.4. The van der Waals surface area contributed by atoms with Crippen LogP contribution < -0.4 is 9.64 Å². The monoisotopic (exact) mass is 434 g/mol. The highest BCUT2D eigenvalue weighted by atomic mass is 19.1. The average Bonchev–Trinajstić information content (AvgIpc) is 2.82. The molecule has 1 unspecified atom stereocenters. The molecular formula is C25H27FN4O2. The molecule has 1 saturated heterocycles. The van der Waals surface area contributed by atoms with E-state index in [9.17, 15) is 9.18 Å². The van der Waals surface area contributed by atoms with E-state index in [1.807, 2.05) is 49.1 Å². The fourth-order valence-corrected chi connectivity index (χ4v) is 3.72. The SMILES string of the molecule is Cc1ccc(OC(C)C(=O)N2CCN(c3ccc(-c4ccc(F)cc4)nn3)CC2)cc1C. The van der Waals surface area contributed by atoms with Crippen molar-refractivity contribution in [2.75, 3.05) is 31.1 Å². The highest BCUT2D eigenvalue weighted by molar-refractivity contribution is 5.81. The van der Waals surface area contributed by atoms with Crippen molar-refractivity contribution in [3.8, 4) is 17.0 Å². The molecule has 7 heteroatoms. The first-order valence-corrected chi connectivity index (χ1v) is 10.8. The number of halogens is 1. The Morgan fingerprint density at radius 3 is 2.28 bits per heavy atom. The Kier molecular flexibility index (Phi) is 6.35. The van der Waals surface area contributed by atoms with Crippen LogP contribution in [0.15, 0.2) is 54.6 Å².